The summed E-state index contributed by atoms with van der Waals surface area (Å²) in [7, 11) is 3.63. The Bertz CT molecular complexity index is 645. The normalized spacial score (nSPS) is 10.9. The molecule has 0 spiro atoms. The highest BCUT2D eigenvalue weighted by molar-refractivity contribution is 6.30. The summed E-state index contributed by atoms with van der Waals surface area (Å²) >= 11 is 5.84. The van der Waals surface area contributed by atoms with E-state index in [0.29, 0.717) is 5.02 Å². The molecule has 1 heterocycles. The molecule has 2 rings (SSSR count). The maximum absolute atomic E-state index is 11.2. The molecule has 2 aromatic rings. The molecule has 0 saturated heterocycles. The van der Waals surface area contributed by atoms with Gasteiger partial charge in [-0.15, -0.1) is 0 Å². The second kappa shape index (κ2) is 5.79. The SMILES string of the molecule is CN(C)C=Nn1cc(-c2ccc(Cl)cc2)cc1C(=O)O. The minimum atomic E-state index is -1.03. The Morgan fingerprint density at radius 1 is 1.30 bits per heavy atom. The number of rotatable bonds is 4. The topological polar surface area (TPSA) is 57.8 Å². The van der Waals surface area contributed by atoms with Crippen LogP contribution in [0.2, 0.25) is 5.02 Å². The Morgan fingerprint density at radius 3 is 2.50 bits per heavy atom. The molecule has 0 unspecified atom stereocenters. The minimum absolute atomic E-state index is 0.105. The zero-order valence-electron chi connectivity index (χ0n) is 11.1. The summed E-state index contributed by atoms with van der Waals surface area (Å²) in [5.74, 6) is -1.03. The van der Waals surface area contributed by atoms with Gasteiger partial charge in [0.15, 0.2) is 0 Å². The predicted molar refractivity (Wildman–Crippen MR) is 79.4 cm³/mol. The van der Waals surface area contributed by atoms with Crippen LogP contribution in [0.1, 0.15) is 10.5 Å². The number of aromatic nitrogens is 1. The van der Waals surface area contributed by atoms with Crippen LogP contribution in [-0.2, 0) is 0 Å². The van der Waals surface area contributed by atoms with Gasteiger partial charge in [-0.2, -0.15) is 5.10 Å². The maximum atomic E-state index is 11.2. The van der Waals surface area contributed by atoms with Crippen molar-refractivity contribution in [1.29, 1.82) is 0 Å². The standard InChI is InChI=1S/C14H14ClN3O2/c1-17(2)9-16-18-8-11(7-13(18)14(19)20)10-3-5-12(15)6-4-10/h3-9H,1-2H3,(H,19,20). The van der Waals surface area contributed by atoms with Crippen molar-refractivity contribution in [2.24, 2.45) is 5.10 Å². The third kappa shape index (κ3) is 3.19. The molecular formula is C14H14ClN3O2. The molecule has 1 aromatic carbocycles. The molecule has 0 aliphatic carbocycles. The second-order valence-corrected chi connectivity index (χ2v) is 4.90. The number of carboxylic acids is 1. The Labute approximate surface area is 121 Å². The number of carbonyl (C=O) groups is 1. The molecule has 0 aliphatic heterocycles. The molecule has 5 nitrogen and oxygen atoms in total. The van der Waals surface area contributed by atoms with E-state index < -0.39 is 5.97 Å². The monoisotopic (exact) mass is 291 g/mol. The Kier molecular flexibility index (Phi) is 4.10. The molecule has 0 aliphatic rings. The summed E-state index contributed by atoms with van der Waals surface area (Å²) in [6, 6.07) is 8.78. The highest BCUT2D eigenvalue weighted by Gasteiger charge is 2.13. The van der Waals surface area contributed by atoms with E-state index in [1.807, 2.05) is 26.2 Å². The van der Waals surface area contributed by atoms with E-state index in [4.69, 9.17) is 11.6 Å². The van der Waals surface area contributed by atoms with E-state index in [2.05, 4.69) is 5.10 Å². The van der Waals surface area contributed by atoms with Crippen LogP contribution in [0.15, 0.2) is 41.6 Å². The number of benzene rings is 1. The number of aromatic carboxylic acids is 1. The minimum Gasteiger partial charge on any atom is -0.477 e. The van der Waals surface area contributed by atoms with Crippen LogP contribution >= 0.6 is 11.6 Å². The predicted octanol–water partition coefficient (Wildman–Crippen LogP) is 2.86. The molecular weight excluding hydrogens is 278 g/mol. The highest BCUT2D eigenvalue weighted by atomic mass is 35.5. The fraction of sp³-hybridized carbons (Fsp3) is 0.143. The van der Waals surface area contributed by atoms with Gasteiger partial charge in [0.05, 0.1) is 0 Å². The first-order chi connectivity index (χ1) is 9.47. The number of hydrogen-bond acceptors (Lipinski definition) is 2. The van der Waals surface area contributed by atoms with Gasteiger partial charge in [0.2, 0.25) is 0 Å². The van der Waals surface area contributed by atoms with Crippen molar-refractivity contribution in [3.05, 3.63) is 47.2 Å². The van der Waals surface area contributed by atoms with Gasteiger partial charge in [-0.25, -0.2) is 9.47 Å². The fourth-order valence-corrected chi connectivity index (χ4v) is 1.79. The lowest BCUT2D eigenvalue weighted by Gasteiger charge is -2.03. The van der Waals surface area contributed by atoms with Crippen molar-refractivity contribution < 1.29 is 9.90 Å². The van der Waals surface area contributed by atoms with E-state index in [1.54, 1.807) is 29.3 Å². The fourth-order valence-electron chi connectivity index (χ4n) is 1.67. The van der Waals surface area contributed by atoms with E-state index in [0.717, 1.165) is 11.1 Å². The largest absolute Gasteiger partial charge is 0.477 e. The molecule has 20 heavy (non-hydrogen) atoms. The van der Waals surface area contributed by atoms with Gasteiger partial charge in [-0.05, 0) is 23.8 Å². The zero-order chi connectivity index (χ0) is 14.7. The van der Waals surface area contributed by atoms with Gasteiger partial charge >= 0.3 is 5.97 Å². The van der Waals surface area contributed by atoms with E-state index in [-0.39, 0.29) is 5.69 Å². The van der Waals surface area contributed by atoms with Gasteiger partial charge in [-0.1, -0.05) is 23.7 Å². The molecule has 104 valence electrons. The van der Waals surface area contributed by atoms with Crippen LogP contribution in [0.25, 0.3) is 11.1 Å². The summed E-state index contributed by atoms with van der Waals surface area (Å²) < 4.78 is 1.34. The van der Waals surface area contributed by atoms with Crippen LogP contribution in [0.3, 0.4) is 0 Å². The summed E-state index contributed by atoms with van der Waals surface area (Å²) in [6.07, 6.45) is 3.21. The second-order valence-electron chi connectivity index (χ2n) is 4.47. The summed E-state index contributed by atoms with van der Waals surface area (Å²) in [5.41, 5.74) is 1.76. The molecule has 0 radical (unpaired) electrons. The van der Waals surface area contributed by atoms with E-state index in [9.17, 15) is 9.90 Å². The van der Waals surface area contributed by atoms with Crippen LogP contribution in [0.5, 0.6) is 0 Å². The van der Waals surface area contributed by atoms with Gasteiger partial charge in [-0.3, -0.25) is 0 Å². The van der Waals surface area contributed by atoms with Crippen LogP contribution in [-0.4, -0.2) is 41.1 Å². The van der Waals surface area contributed by atoms with E-state index in [1.165, 1.54) is 11.0 Å². The van der Waals surface area contributed by atoms with Crippen molar-refractivity contribution in [3.8, 4) is 11.1 Å². The first kappa shape index (κ1) is 14.1. The maximum Gasteiger partial charge on any atom is 0.354 e. The third-order valence-corrected chi connectivity index (χ3v) is 2.86. The molecule has 1 aromatic heterocycles. The number of carboxylic acid groups (broad SMARTS) is 1. The average molecular weight is 292 g/mol. The molecule has 0 bridgehead atoms. The van der Waals surface area contributed by atoms with Crippen molar-refractivity contribution in [3.63, 3.8) is 0 Å². The number of nitrogens with zero attached hydrogens (tertiary/aromatic N) is 3. The first-order valence-corrected chi connectivity index (χ1v) is 6.27. The zero-order valence-corrected chi connectivity index (χ0v) is 11.9. The Morgan fingerprint density at radius 2 is 1.95 bits per heavy atom. The summed E-state index contributed by atoms with van der Waals surface area (Å²) in [5, 5.41) is 13.9. The number of halogens is 1. The highest BCUT2D eigenvalue weighted by Crippen LogP contribution is 2.24. The number of hydrogen-bond donors (Lipinski definition) is 1. The van der Waals surface area contributed by atoms with Gasteiger partial charge in [0, 0.05) is 30.9 Å². The lowest BCUT2D eigenvalue weighted by atomic mass is 10.1. The molecule has 0 fully saturated rings. The third-order valence-electron chi connectivity index (χ3n) is 2.60. The average Bonchev–Trinajstić information content (AvgIpc) is 2.81. The van der Waals surface area contributed by atoms with E-state index >= 15 is 0 Å². The smallest absolute Gasteiger partial charge is 0.354 e. The van der Waals surface area contributed by atoms with Crippen molar-refractivity contribution in [2.45, 2.75) is 0 Å². The molecule has 6 heteroatoms. The van der Waals surface area contributed by atoms with Crippen LogP contribution in [0.4, 0.5) is 0 Å². The lowest BCUT2D eigenvalue weighted by molar-refractivity contribution is 0.0686. The first-order valence-electron chi connectivity index (χ1n) is 5.90. The summed E-state index contributed by atoms with van der Waals surface area (Å²) in [4.78, 5) is 13.0. The Hall–Kier alpha value is -2.27. The lowest BCUT2D eigenvalue weighted by Crippen LogP contribution is -2.11. The molecule has 0 saturated carbocycles. The quantitative estimate of drug-likeness (QED) is 0.696. The van der Waals surface area contributed by atoms with Crippen molar-refractivity contribution in [2.75, 3.05) is 14.1 Å². The van der Waals surface area contributed by atoms with Gasteiger partial charge in [0.25, 0.3) is 0 Å². The molecule has 1 N–H and O–H groups in total. The Balaban J connectivity index is 2.43. The van der Waals surface area contributed by atoms with Crippen molar-refractivity contribution >= 4 is 23.9 Å². The molecule has 0 atom stereocenters. The molecule has 0 amide bonds. The van der Waals surface area contributed by atoms with Crippen LogP contribution < -0.4 is 0 Å². The van der Waals surface area contributed by atoms with Gasteiger partial charge < -0.3 is 10.0 Å². The summed E-state index contributed by atoms with van der Waals surface area (Å²) in [6.45, 7) is 0. The van der Waals surface area contributed by atoms with Crippen LogP contribution in [0, 0.1) is 0 Å². The van der Waals surface area contributed by atoms with Gasteiger partial charge in [0.1, 0.15) is 12.0 Å². The van der Waals surface area contributed by atoms with Crippen molar-refractivity contribution in [1.82, 2.24) is 9.58 Å².